The maximum Gasteiger partial charge on any atom is 0.133 e. The smallest absolute Gasteiger partial charge is 0.133 e. The van der Waals surface area contributed by atoms with Crippen molar-refractivity contribution in [2.75, 3.05) is 7.11 Å². The van der Waals surface area contributed by atoms with Crippen LogP contribution in [0.4, 0.5) is 0 Å². The third-order valence-electron chi connectivity index (χ3n) is 2.54. The lowest BCUT2D eigenvalue weighted by molar-refractivity contribution is 0.412. The molecule has 2 rings (SSSR count). The summed E-state index contributed by atoms with van der Waals surface area (Å²) in [6, 6.07) is 12.3. The van der Waals surface area contributed by atoms with E-state index in [9.17, 15) is 8.76 Å². The average molecular weight is 326 g/mol. The molecule has 0 bridgehead atoms. The van der Waals surface area contributed by atoms with Crippen molar-refractivity contribution in [2.45, 2.75) is 4.90 Å². The SMILES string of the molecule is COc1cccc(-c2ccccc2S(=O)[O-])c1Br. The summed E-state index contributed by atoms with van der Waals surface area (Å²) in [7, 11) is 1.57. The van der Waals surface area contributed by atoms with Crippen LogP contribution in [0.25, 0.3) is 11.1 Å². The topological polar surface area (TPSA) is 49.4 Å². The van der Waals surface area contributed by atoms with Crippen molar-refractivity contribution in [2.24, 2.45) is 0 Å². The van der Waals surface area contributed by atoms with Crippen LogP contribution in [0.3, 0.4) is 0 Å². The summed E-state index contributed by atoms with van der Waals surface area (Å²) in [5.41, 5.74) is 1.44. The molecular weight excluding hydrogens is 316 g/mol. The van der Waals surface area contributed by atoms with Crippen LogP contribution in [-0.2, 0) is 11.1 Å². The molecule has 2 aromatic rings. The second kappa shape index (κ2) is 5.65. The van der Waals surface area contributed by atoms with Crippen LogP contribution in [-0.4, -0.2) is 15.9 Å². The number of ether oxygens (including phenoxy) is 1. The highest BCUT2D eigenvalue weighted by Crippen LogP contribution is 2.37. The molecule has 0 radical (unpaired) electrons. The summed E-state index contributed by atoms with van der Waals surface area (Å²) < 4.78 is 28.4. The van der Waals surface area contributed by atoms with Crippen LogP contribution >= 0.6 is 15.9 Å². The molecule has 18 heavy (non-hydrogen) atoms. The van der Waals surface area contributed by atoms with E-state index in [1.54, 1.807) is 31.4 Å². The molecule has 0 fully saturated rings. The molecule has 0 N–H and O–H groups in total. The van der Waals surface area contributed by atoms with Crippen LogP contribution in [0.1, 0.15) is 0 Å². The second-order valence-corrected chi connectivity index (χ2v) is 5.25. The van der Waals surface area contributed by atoms with Gasteiger partial charge in [-0.1, -0.05) is 30.3 Å². The summed E-state index contributed by atoms with van der Waals surface area (Å²) in [6.45, 7) is 0. The van der Waals surface area contributed by atoms with E-state index in [1.807, 2.05) is 18.2 Å². The van der Waals surface area contributed by atoms with E-state index in [-0.39, 0.29) is 4.90 Å². The van der Waals surface area contributed by atoms with Crippen LogP contribution in [0.15, 0.2) is 51.8 Å². The Morgan fingerprint density at radius 1 is 1.11 bits per heavy atom. The van der Waals surface area contributed by atoms with Gasteiger partial charge in [0.25, 0.3) is 0 Å². The van der Waals surface area contributed by atoms with Crippen molar-refractivity contribution in [1.29, 1.82) is 0 Å². The van der Waals surface area contributed by atoms with Gasteiger partial charge in [-0.15, -0.1) is 0 Å². The molecule has 1 unspecified atom stereocenters. The van der Waals surface area contributed by atoms with E-state index in [2.05, 4.69) is 15.9 Å². The van der Waals surface area contributed by atoms with Gasteiger partial charge in [-0.05, 0) is 44.7 Å². The van der Waals surface area contributed by atoms with Crippen molar-refractivity contribution < 1.29 is 13.5 Å². The quantitative estimate of drug-likeness (QED) is 0.813. The Hall–Kier alpha value is -1.17. The number of halogens is 1. The predicted octanol–water partition coefficient (Wildman–Crippen LogP) is 3.36. The van der Waals surface area contributed by atoms with E-state index in [1.165, 1.54) is 0 Å². The Morgan fingerprint density at radius 3 is 2.44 bits per heavy atom. The standard InChI is InChI=1S/C13H11BrO3S/c1-17-11-7-4-6-10(13(11)14)9-5-2-3-8-12(9)18(15)16/h2-8H,1H3,(H,15,16)/p-1. The molecule has 0 spiro atoms. The average Bonchev–Trinajstić information content (AvgIpc) is 2.39. The van der Waals surface area contributed by atoms with E-state index >= 15 is 0 Å². The Balaban J connectivity index is 2.66. The Morgan fingerprint density at radius 2 is 1.78 bits per heavy atom. The van der Waals surface area contributed by atoms with Crippen molar-refractivity contribution in [1.82, 2.24) is 0 Å². The third-order valence-corrected chi connectivity index (χ3v) is 4.07. The summed E-state index contributed by atoms with van der Waals surface area (Å²) >= 11 is 1.17. The minimum Gasteiger partial charge on any atom is -0.768 e. The van der Waals surface area contributed by atoms with Gasteiger partial charge in [0.05, 0.1) is 11.6 Å². The zero-order valence-corrected chi connectivity index (χ0v) is 12.0. The first kappa shape index (κ1) is 13.3. The molecule has 0 saturated carbocycles. The molecule has 0 aliphatic heterocycles. The number of rotatable bonds is 3. The zero-order valence-electron chi connectivity index (χ0n) is 9.55. The van der Waals surface area contributed by atoms with Gasteiger partial charge < -0.3 is 9.29 Å². The normalized spacial score (nSPS) is 12.2. The molecule has 2 aromatic carbocycles. The first-order valence-electron chi connectivity index (χ1n) is 5.16. The molecule has 0 aromatic heterocycles. The van der Waals surface area contributed by atoms with Gasteiger partial charge in [0.2, 0.25) is 0 Å². The summed E-state index contributed by atoms with van der Waals surface area (Å²) in [5.74, 6) is 0.666. The van der Waals surface area contributed by atoms with Crippen LogP contribution in [0, 0.1) is 0 Å². The summed E-state index contributed by atoms with van der Waals surface area (Å²) in [5, 5.41) is 0. The molecule has 0 saturated heterocycles. The molecular formula is C13H10BrO3S-. The first-order valence-corrected chi connectivity index (χ1v) is 7.03. The zero-order chi connectivity index (χ0) is 13.1. The number of hydrogen-bond donors (Lipinski definition) is 0. The van der Waals surface area contributed by atoms with Gasteiger partial charge in [0.15, 0.2) is 0 Å². The third kappa shape index (κ3) is 2.48. The second-order valence-electron chi connectivity index (χ2n) is 3.55. The van der Waals surface area contributed by atoms with Crippen LogP contribution < -0.4 is 4.74 Å². The predicted molar refractivity (Wildman–Crippen MR) is 73.3 cm³/mol. The van der Waals surface area contributed by atoms with Crippen molar-refractivity contribution in [3.63, 3.8) is 0 Å². The van der Waals surface area contributed by atoms with Crippen LogP contribution in [0.5, 0.6) is 5.75 Å². The van der Waals surface area contributed by atoms with Gasteiger partial charge in [-0.3, -0.25) is 4.21 Å². The molecule has 0 amide bonds. The molecule has 0 aliphatic carbocycles. The maximum absolute atomic E-state index is 11.2. The largest absolute Gasteiger partial charge is 0.768 e. The maximum atomic E-state index is 11.2. The first-order chi connectivity index (χ1) is 8.65. The van der Waals surface area contributed by atoms with Gasteiger partial charge >= 0.3 is 0 Å². The van der Waals surface area contributed by atoms with Gasteiger partial charge in [-0.25, -0.2) is 0 Å². The van der Waals surface area contributed by atoms with Crippen molar-refractivity contribution >= 4 is 27.0 Å². The number of methoxy groups -OCH3 is 1. The highest BCUT2D eigenvalue weighted by molar-refractivity contribution is 9.10. The fourth-order valence-electron chi connectivity index (χ4n) is 1.71. The van der Waals surface area contributed by atoms with E-state index < -0.39 is 11.1 Å². The van der Waals surface area contributed by atoms with Crippen LogP contribution in [0.2, 0.25) is 0 Å². The van der Waals surface area contributed by atoms with E-state index in [0.717, 1.165) is 10.0 Å². The lowest BCUT2D eigenvalue weighted by atomic mass is 10.1. The minimum absolute atomic E-state index is 0.270. The van der Waals surface area contributed by atoms with E-state index in [4.69, 9.17) is 4.74 Å². The molecule has 0 aliphatic rings. The highest BCUT2D eigenvalue weighted by atomic mass is 79.9. The number of hydrogen-bond acceptors (Lipinski definition) is 3. The van der Waals surface area contributed by atoms with E-state index in [0.29, 0.717) is 11.3 Å². The minimum atomic E-state index is -2.27. The molecule has 1 atom stereocenters. The Bertz CT molecular complexity index is 599. The Kier molecular flexibility index (Phi) is 4.16. The summed E-state index contributed by atoms with van der Waals surface area (Å²) in [4.78, 5) is 0.270. The lowest BCUT2D eigenvalue weighted by Gasteiger charge is -2.14. The van der Waals surface area contributed by atoms with Gasteiger partial charge in [-0.2, -0.15) is 0 Å². The van der Waals surface area contributed by atoms with Gasteiger partial charge in [0, 0.05) is 10.5 Å². The summed E-state index contributed by atoms with van der Waals surface area (Å²) in [6.07, 6.45) is 0. The van der Waals surface area contributed by atoms with Crippen molar-refractivity contribution in [3.8, 4) is 16.9 Å². The molecule has 5 heteroatoms. The molecule has 3 nitrogen and oxygen atoms in total. The highest BCUT2D eigenvalue weighted by Gasteiger charge is 2.11. The monoisotopic (exact) mass is 325 g/mol. The van der Waals surface area contributed by atoms with Gasteiger partial charge in [0.1, 0.15) is 5.75 Å². The van der Waals surface area contributed by atoms with Crippen molar-refractivity contribution in [3.05, 3.63) is 46.9 Å². The number of benzene rings is 2. The molecule has 0 heterocycles. The fraction of sp³-hybridized carbons (Fsp3) is 0.0769. The lowest BCUT2D eigenvalue weighted by Crippen LogP contribution is -1.94. The fourth-order valence-corrected chi connectivity index (χ4v) is 2.90. The molecule has 94 valence electrons. The Labute approximate surface area is 116 Å².